The summed E-state index contributed by atoms with van der Waals surface area (Å²) in [5, 5.41) is 0. The summed E-state index contributed by atoms with van der Waals surface area (Å²) >= 11 is 0. The van der Waals surface area contributed by atoms with E-state index in [0.717, 1.165) is 25.8 Å². The molecule has 1 aromatic carbocycles. The molecule has 0 radical (unpaired) electrons. The van der Waals surface area contributed by atoms with Crippen LogP contribution in [0.1, 0.15) is 48.9 Å². The highest BCUT2D eigenvalue weighted by atomic mass is 16.2. The molecule has 3 rings (SSSR count). The first-order chi connectivity index (χ1) is 13.0. The molecule has 0 saturated carbocycles. The molecule has 0 aliphatic carbocycles. The second kappa shape index (κ2) is 8.51. The Morgan fingerprint density at radius 1 is 1.07 bits per heavy atom. The number of carbonyl (C=O) groups is 3. The fraction of sp³-hybridized carbons (Fsp3) is 0.500. The van der Waals surface area contributed by atoms with Crippen LogP contribution in [0.3, 0.4) is 0 Å². The normalized spacial score (nSPS) is 19.2. The maximum Gasteiger partial charge on any atom is 0.223 e. The van der Waals surface area contributed by atoms with E-state index in [1.165, 1.54) is 0 Å². The Balaban J connectivity index is 1.48. The Morgan fingerprint density at radius 2 is 1.78 bits per heavy atom. The van der Waals surface area contributed by atoms with Crippen LogP contribution < -0.4 is 0 Å². The van der Waals surface area contributed by atoms with Crippen molar-refractivity contribution in [2.24, 2.45) is 5.41 Å². The summed E-state index contributed by atoms with van der Waals surface area (Å²) in [5.41, 5.74) is 0.796. The van der Waals surface area contributed by atoms with Gasteiger partial charge in [0, 0.05) is 51.0 Å². The van der Waals surface area contributed by atoms with Gasteiger partial charge in [-0.2, -0.15) is 0 Å². The summed E-state index contributed by atoms with van der Waals surface area (Å²) in [6.45, 7) is 6.55. The smallest absolute Gasteiger partial charge is 0.223 e. The predicted octanol–water partition coefficient (Wildman–Crippen LogP) is 3.07. The fourth-order valence-corrected chi connectivity index (χ4v) is 4.21. The molecule has 1 spiro atoms. The molecule has 2 saturated heterocycles. The van der Waals surface area contributed by atoms with Gasteiger partial charge in [0.15, 0.2) is 5.78 Å². The van der Waals surface area contributed by atoms with Gasteiger partial charge in [0.1, 0.15) is 0 Å². The lowest BCUT2D eigenvalue weighted by atomic mass is 9.72. The van der Waals surface area contributed by atoms with Crippen LogP contribution in [0.5, 0.6) is 0 Å². The summed E-state index contributed by atoms with van der Waals surface area (Å²) in [5.74, 6) is 0.283. The van der Waals surface area contributed by atoms with E-state index >= 15 is 0 Å². The Bertz CT molecular complexity index is 706. The molecule has 1 aromatic rings. The monoisotopic (exact) mass is 368 g/mol. The molecule has 2 fully saturated rings. The first-order valence-corrected chi connectivity index (χ1v) is 9.78. The van der Waals surface area contributed by atoms with Crippen LogP contribution in [0.2, 0.25) is 0 Å². The molecule has 2 aliphatic rings. The lowest BCUT2D eigenvalue weighted by molar-refractivity contribution is -0.141. The maximum atomic E-state index is 12.5. The Kier molecular flexibility index (Phi) is 6.09. The molecule has 0 aromatic heterocycles. The molecule has 27 heavy (non-hydrogen) atoms. The molecule has 0 unspecified atom stereocenters. The molecule has 144 valence electrons. The highest BCUT2D eigenvalue weighted by Gasteiger charge is 2.41. The van der Waals surface area contributed by atoms with E-state index in [4.69, 9.17) is 0 Å². The van der Waals surface area contributed by atoms with Crippen molar-refractivity contribution in [2.75, 3.05) is 26.2 Å². The van der Waals surface area contributed by atoms with Gasteiger partial charge in [-0.3, -0.25) is 14.4 Å². The zero-order chi connectivity index (χ0) is 19.3. The van der Waals surface area contributed by atoms with Crippen LogP contribution in [0.4, 0.5) is 0 Å². The molecular formula is C22H28N2O3. The van der Waals surface area contributed by atoms with Crippen molar-refractivity contribution in [2.45, 2.75) is 38.5 Å². The van der Waals surface area contributed by atoms with Gasteiger partial charge in [0.25, 0.3) is 0 Å². The largest absolute Gasteiger partial charge is 0.343 e. The van der Waals surface area contributed by atoms with E-state index in [9.17, 15) is 14.4 Å². The van der Waals surface area contributed by atoms with Gasteiger partial charge in [0.05, 0.1) is 0 Å². The minimum Gasteiger partial charge on any atom is -0.343 e. The summed E-state index contributed by atoms with van der Waals surface area (Å²) in [7, 11) is 0. The lowest BCUT2D eigenvalue weighted by Crippen LogP contribution is -2.52. The second-order valence-corrected chi connectivity index (χ2v) is 7.73. The highest BCUT2D eigenvalue weighted by molar-refractivity contribution is 5.97. The highest BCUT2D eigenvalue weighted by Crippen LogP contribution is 2.40. The quantitative estimate of drug-likeness (QED) is 0.573. The zero-order valence-electron chi connectivity index (χ0n) is 15.9. The average Bonchev–Trinajstić information content (AvgIpc) is 2.70. The predicted molar refractivity (Wildman–Crippen MR) is 104 cm³/mol. The topological polar surface area (TPSA) is 57.7 Å². The van der Waals surface area contributed by atoms with Gasteiger partial charge in [-0.25, -0.2) is 0 Å². The van der Waals surface area contributed by atoms with Gasteiger partial charge in [-0.15, -0.1) is 6.58 Å². The number of Topliss-reactive ketones (excluding diaryl/α,β-unsaturated/α-hetero) is 1. The first kappa shape index (κ1) is 19.3. The Hall–Kier alpha value is -2.43. The molecule has 2 aliphatic heterocycles. The molecule has 5 nitrogen and oxygen atoms in total. The molecule has 0 N–H and O–H groups in total. The van der Waals surface area contributed by atoms with Crippen LogP contribution in [0.25, 0.3) is 0 Å². The van der Waals surface area contributed by atoms with Crippen molar-refractivity contribution in [3.63, 3.8) is 0 Å². The number of hydrogen-bond acceptors (Lipinski definition) is 3. The molecule has 5 heteroatoms. The standard InChI is InChI=1S/C22H28N2O3/c1-2-14-24-17-22(11-10-21(24)27)12-15-23(16-13-22)20(26)9-8-19(25)18-6-4-3-5-7-18/h2-7H,1,8-17H2. The maximum absolute atomic E-state index is 12.5. The van der Waals surface area contributed by atoms with E-state index in [2.05, 4.69) is 6.58 Å². The fourth-order valence-electron chi connectivity index (χ4n) is 4.21. The summed E-state index contributed by atoms with van der Waals surface area (Å²) in [6, 6.07) is 9.13. The molecule has 2 heterocycles. The van der Waals surface area contributed by atoms with E-state index in [-0.39, 0.29) is 35.9 Å². The third-order valence-corrected chi connectivity index (χ3v) is 5.94. The van der Waals surface area contributed by atoms with Crippen molar-refractivity contribution in [1.29, 1.82) is 0 Å². The molecule has 0 bridgehead atoms. The van der Waals surface area contributed by atoms with Crippen molar-refractivity contribution < 1.29 is 14.4 Å². The van der Waals surface area contributed by atoms with Crippen molar-refractivity contribution in [3.8, 4) is 0 Å². The number of likely N-dealkylation sites (tertiary alicyclic amines) is 2. The minimum atomic E-state index is 0.0169. The molecule has 0 atom stereocenters. The Labute approximate surface area is 161 Å². The summed E-state index contributed by atoms with van der Waals surface area (Å²) < 4.78 is 0. The van der Waals surface area contributed by atoms with Crippen LogP contribution in [-0.2, 0) is 9.59 Å². The lowest BCUT2D eigenvalue weighted by Gasteiger charge is -2.47. The number of nitrogens with zero attached hydrogens (tertiary/aromatic N) is 2. The van der Waals surface area contributed by atoms with Crippen LogP contribution in [0, 0.1) is 5.41 Å². The van der Waals surface area contributed by atoms with E-state index in [0.29, 0.717) is 31.6 Å². The number of benzene rings is 1. The van der Waals surface area contributed by atoms with Gasteiger partial charge < -0.3 is 9.80 Å². The first-order valence-electron chi connectivity index (χ1n) is 9.78. The average molecular weight is 368 g/mol. The SMILES string of the molecule is C=CCN1CC2(CCC1=O)CCN(C(=O)CCC(=O)c1ccccc1)CC2. The van der Waals surface area contributed by atoms with Gasteiger partial charge in [0.2, 0.25) is 11.8 Å². The third-order valence-electron chi connectivity index (χ3n) is 5.94. The molecular weight excluding hydrogens is 340 g/mol. The number of hydrogen-bond donors (Lipinski definition) is 0. The molecule has 2 amide bonds. The number of ketones is 1. The number of carbonyl (C=O) groups excluding carboxylic acids is 3. The van der Waals surface area contributed by atoms with Crippen LogP contribution >= 0.6 is 0 Å². The van der Waals surface area contributed by atoms with E-state index in [1.54, 1.807) is 18.2 Å². The van der Waals surface area contributed by atoms with Crippen LogP contribution in [-0.4, -0.2) is 53.6 Å². The van der Waals surface area contributed by atoms with Crippen molar-refractivity contribution in [1.82, 2.24) is 9.80 Å². The third kappa shape index (κ3) is 4.65. The minimum absolute atomic E-state index is 0.0169. The second-order valence-electron chi connectivity index (χ2n) is 7.73. The van der Waals surface area contributed by atoms with E-state index in [1.807, 2.05) is 28.0 Å². The Morgan fingerprint density at radius 3 is 2.44 bits per heavy atom. The van der Waals surface area contributed by atoms with E-state index < -0.39 is 0 Å². The van der Waals surface area contributed by atoms with Crippen molar-refractivity contribution >= 4 is 17.6 Å². The summed E-state index contributed by atoms with van der Waals surface area (Å²) in [4.78, 5) is 40.5. The van der Waals surface area contributed by atoms with Gasteiger partial charge in [-0.05, 0) is 24.7 Å². The number of rotatable bonds is 6. The van der Waals surface area contributed by atoms with Gasteiger partial charge >= 0.3 is 0 Å². The zero-order valence-corrected chi connectivity index (χ0v) is 15.9. The van der Waals surface area contributed by atoms with Crippen molar-refractivity contribution in [3.05, 3.63) is 48.6 Å². The van der Waals surface area contributed by atoms with Crippen LogP contribution in [0.15, 0.2) is 43.0 Å². The van der Waals surface area contributed by atoms with Gasteiger partial charge in [-0.1, -0.05) is 36.4 Å². The number of amides is 2. The number of piperidine rings is 2. The summed E-state index contributed by atoms with van der Waals surface area (Å²) in [6.07, 6.45) is 5.65.